The molecule has 2 rings (SSSR count). The molecule has 0 saturated heterocycles. The molecule has 0 heterocycles. The van der Waals surface area contributed by atoms with Gasteiger partial charge in [0, 0.05) is 12.3 Å². The Morgan fingerprint density at radius 2 is 1.93 bits per heavy atom. The minimum Gasteiger partial charge on any atom is -0.389 e. The molecule has 0 aliphatic heterocycles. The molecular weight excluding hydrogens is 176 g/mol. The SMILES string of the molecule is C[C@@H]1C(=O)CCC2(C)CCCC[C@@]12O. The lowest BCUT2D eigenvalue weighted by Gasteiger charge is -2.54. The Morgan fingerprint density at radius 3 is 2.64 bits per heavy atom. The fourth-order valence-electron chi connectivity index (χ4n) is 3.39. The Kier molecular flexibility index (Phi) is 2.22. The molecule has 1 unspecified atom stereocenters. The summed E-state index contributed by atoms with van der Waals surface area (Å²) in [6, 6.07) is 0. The van der Waals surface area contributed by atoms with Crippen molar-refractivity contribution in [2.45, 2.75) is 58.0 Å². The van der Waals surface area contributed by atoms with Crippen molar-refractivity contribution in [2.24, 2.45) is 11.3 Å². The summed E-state index contributed by atoms with van der Waals surface area (Å²) in [6.07, 6.45) is 5.73. The number of rotatable bonds is 0. The van der Waals surface area contributed by atoms with Gasteiger partial charge >= 0.3 is 0 Å². The lowest BCUT2D eigenvalue weighted by molar-refractivity contribution is -0.175. The van der Waals surface area contributed by atoms with Crippen molar-refractivity contribution in [2.75, 3.05) is 0 Å². The normalized spacial score (nSPS) is 48.8. The van der Waals surface area contributed by atoms with E-state index < -0.39 is 5.60 Å². The summed E-state index contributed by atoms with van der Waals surface area (Å²) in [6.45, 7) is 4.07. The summed E-state index contributed by atoms with van der Waals surface area (Å²) < 4.78 is 0. The molecule has 2 heteroatoms. The van der Waals surface area contributed by atoms with Crippen LogP contribution in [0.2, 0.25) is 0 Å². The number of hydrogen-bond donors (Lipinski definition) is 1. The van der Waals surface area contributed by atoms with E-state index in [1.54, 1.807) is 0 Å². The quantitative estimate of drug-likeness (QED) is 0.645. The molecule has 0 radical (unpaired) electrons. The van der Waals surface area contributed by atoms with Crippen molar-refractivity contribution in [3.63, 3.8) is 0 Å². The largest absolute Gasteiger partial charge is 0.389 e. The third-order valence-electron chi connectivity index (χ3n) is 4.70. The molecule has 0 bridgehead atoms. The zero-order valence-corrected chi connectivity index (χ0v) is 9.18. The van der Waals surface area contributed by atoms with Crippen molar-refractivity contribution >= 4 is 5.78 Å². The fraction of sp³-hybridized carbons (Fsp3) is 0.917. The minimum atomic E-state index is -0.708. The molecule has 3 atom stereocenters. The van der Waals surface area contributed by atoms with Gasteiger partial charge in [0.1, 0.15) is 5.78 Å². The first-order chi connectivity index (χ1) is 6.50. The van der Waals surface area contributed by atoms with Crippen molar-refractivity contribution in [1.29, 1.82) is 0 Å². The van der Waals surface area contributed by atoms with Gasteiger partial charge in [-0.05, 0) is 24.7 Å². The van der Waals surface area contributed by atoms with Crippen LogP contribution in [0.3, 0.4) is 0 Å². The first-order valence-electron chi connectivity index (χ1n) is 5.75. The van der Waals surface area contributed by atoms with Crippen molar-refractivity contribution in [3.8, 4) is 0 Å². The van der Waals surface area contributed by atoms with Crippen LogP contribution in [0.25, 0.3) is 0 Å². The topological polar surface area (TPSA) is 37.3 Å². The molecular formula is C12H20O2. The van der Waals surface area contributed by atoms with Gasteiger partial charge in [-0.3, -0.25) is 4.79 Å². The number of fused-ring (bicyclic) bond motifs is 1. The van der Waals surface area contributed by atoms with E-state index in [4.69, 9.17) is 0 Å². The first kappa shape index (κ1) is 10.2. The zero-order chi connectivity index (χ0) is 10.4. The molecule has 2 fully saturated rings. The van der Waals surface area contributed by atoms with Crippen LogP contribution in [-0.2, 0) is 4.79 Å². The molecule has 0 aromatic rings. The van der Waals surface area contributed by atoms with E-state index in [1.165, 1.54) is 6.42 Å². The predicted molar refractivity (Wildman–Crippen MR) is 54.9 cm³/mol. The van der Waals surface area contributed by atoms with Gasteiger partial charge in [0.15, 0.2) is 0 Å². The number of aliphatic hydroxyl groups is 1. The Bertz CT molecular complexity index is 261. The third-order valence-corrected chi connectivity index (χ3v) is 4.70. The van der Waals surface area contributed by atoms with Crippen LogP contribution in [0, 0.1) is 11.3 Å². The van der Waals surface area contributed by atoms with Gasteiger partial charge in [-0.2, -0.15) is 0 Å². The van der Waals surface area contributed by atoms with Gasteiger partial charge in [0.25, 0.3) is 0 Å². The Labute approximate surface area is 85.7 Å². The highest BCUT2D eigenvalue weighted by atomic mass is 16.3. The Hall–Kier alpha value is -0.370. The molecule has 0 spiro atoms. The van der Waals surface area contributed by atoms with Crippen LogP contribution in [0.15, 0.2) is 0 Å². The van der Waals surface area contributed by atoms with Gasteiger partial charge < -0.3 is 5.11 Å². The van der Waals surface area contributed by atoms with Gasteiger partial charge in [-0.25, -0.2) is 0 Å². The minimum absolute atomic E-state index is 0.00141. The highest BCUT2D eigenvalue weighted by Gasteiger charge is 2.55. The highest BCUT2D eigenvalue weighted by Crippen LogP contribution is 2.54. The summed E-state index contributed by atoms with van der Waals surface area (Å²) in [7, 11) is 0. The second-order valence-corrected chi connectivity index (χ2v) is 5.38. The maximum atomic E-state index is 11.6. The molecule has 2 nitrogen and oxygen atoms in total. The molecule has 80 valence electrons. The van der Waals surface area contributed by atoms with Crippen molar-refractivity contribution in [1.82, 2.24) is 0 Å². The smallest absolute Gasteiger partial charge is 0.138 e. The van der Waals surface area contributed by atoms with Crippen molar-refractivity contribution < 1.29 is 9.90 Å². The second-order valence-electron chi connectivity index (χ2n) is 5.38. The monoisotopic (exact) mass is 196 g/mol. The van der Waals surface area contributed by atoms with Crippen LogP contribution in [0.4, 0.5) is 0 Å². The number of carbonyl (C=O) groups excluding carboxylic acids is 1. The average molecular weight is 196 g/mol. The van der Waals surface area contributed by atoms with E-state index in [9.17, 15) is 9.90 Å². The summed E-state index contributed by atoms with van der Waals surface area (Å²) in [5.74, 6) is 0.105. The summed E-state index contributed by atoms with van der Waals surface area (Å²) in [5, 5.41) is 10.7. The molecule has 0 aromatic carbocycles. The third kappa shape index (κ3) is 1.16. The number of Topliss-reactive ketones (excluding diaryl/α,β-unsaturated/α-hetero) is 1. The number of carbonyl (C=O) groups is 1. The van der Waals surface area contributed by atoms with E-state index in [2.05, 4.69) is 6.92 Å². The molecule has 1 N–H and O–H groups in total. The van der Waals surface area contributed by atoms with E-state index in [0.29, 0.717) is 6.42 Å². The van der Waals surface area contributed by atoms with Gasteiger partial charge in [-0.15, -0.1) is 0 Å². The van der Waals surface area contributed by atoms with Crippen LogP contribution in [-0.4, -0.2) is 16.5 Å². The van der Waals surface area contributed by atoms with Crippen LogP contribution in [0.5, 0.6) is 0 Å². The number of ketones is 1. The Balaban J connectivity index is 2.34. The van der Waals surface area contributed by atoms with E-state index in [1.807, 2.05) is 6.92 Å². The molecule has 0 amide bonds. The van der Waals surface area contributed by atoms with Gasteiger partial charge in [0.05, 0.1) is 5.60 Å². The first-order valence-corrected chi connectivity index (χ1v) is 5.75. The summed E-state index contributed by atoms with van der Waals surface area (Å²) >= 11 is 0. The maximum Gasteiger partial charge on any atom is 0.138 e. The van der Waals surface area contributed by atoms with E-state index in [-0.39, 0.29) is 17.1 Å². The van der Waals surface area contributed by atoms with E-state index in [0.717, 1.165) is 25.7 Å². The van der Waals surface area contributed by atoms with Crippen LogP contribution >= 0.6 is 0 Å². The Morgan fingerprint density at radius 1 is 1.29 bits per heavy atom. The summed E-state index contributed by atoms with van der Waals surface area (Å²) in [4.78, 5) is 11.6. The molecule has 2 aliphatic rings. The van der Waals surface area contributed by atoms with Crippen LogP contribution in [0.1, 0.15) is 52.4 Å². The molecule has 2 saturated carbocycles. The fourth-order valence-corrected chi connectivity index (χ4v) is 3.39. The highest BCUT2D eigenvalue weighted by molar-refractivity contribution is 5.83. The maximum absolute atomic E-state index is 11.6. The zero-order valence-electron chi connectivity index (χ0n) is 9.18. The predicted octanol–water partition coefficient (Wildman–Crippen LogP) is 2.30. The molecule has 0 aromatic heterocycles. The average Bonchev–Trinajstić information content (AvgIpc) is 2.16. The number of hydrogen-bond acceptors (Lipinski definition) is 2. The lowest BCUT2D eigenvalue weighted by atomic mass is 9.53. The van der Waals surface area contributed by atoms with E-state index >= 15 is 0 Å². The molecule has 14 heavy (non-hydrogen) atoms. The molecule has 2 aliphatic carbocycles. The lowest BCUT2D eigenvalue weighted by Crippen LogP contribution is -2.58. The second kappa shape index (κ2) is 3.06. The van der Waals surface area contributed by atoms with Gasteiger partial charge in [-0.1, -0.05) is 26.7 Å². The summed E-state index contributed by atoms with van der Waals surface area (Å²) in [5.41, 5.74) is -0.709. The van der Waals surface area contributed by atoms with Gasteiger partial charge in [0.2, 0.25) is 0 Å². The van der Waals surface area contributed by atoms with Crippen molar-refractivity contribution in [3.05, 3.63) is 0 Å². The van der Waals surface area contributed by atoms with Crippen LogP contribution < -0.4 is 0 Å². The standard InChI is InChI=1S/C12H20O2/c1-9-10(13)5-8-11(2)6-3-4-7-12(9,11)14/h9,14H,3-8H2,1-2H3/t9-,11?,12-/m1/s1.